The number of anilines is 2. The Hall–Kier alpha value is -1.42. The van der Waals surface area contributed by atoms with Crippen LogP contribution in [0.2, 0.25) is 0 Å². The van der Waals surface area contributed by atoms with Gasteiger partial charge in [-0.3, -0.25) is 0 Å². The number of aliphatic hydroxyl groups excluding tert-OH is 1. The number of benzene rings is 1. The highest BCUT2D eigenvalue weighted by atomic mass is 16.5. The van der Waals surface area contributed by atoms with Gasteiger partial charge in [0.15, 0.2) is 0 Å². The molecule has 4 N–H and O–H groups in total. The third-order valence-electron chi connectivity index (χ3n) is 4.19. The molecule has 2 rings (SSSR count). The van der Waals surface area contributed by atoms with E-state index in [0.717, 1.165) is 25.1 Å². The molecule has 0 saturated heterocycles. The summed E-state index contributed by atoms with van der Waals surface area (Å²) in [4.78, 5) is 0. The van der Waals surface area contributed by atoms with Crippen molar-refractivity contribution in [1.29, 1.82) is 0 Å². The van der Waals surface area contributed by atoms with E-state index in [1.54, 1.807) is 7.11 Å². The van der Waals surface area contributed by atoms with Gasteiger partial charge in [0.25, 0.3) is 0 Å². The quantitative estimate of drug-likeness (QED) is 0.715. The molecule has 1 aliphatic rings. The summed E-state index contributed by atoms with van der Waals surface area (Å²) in [7, 11) is 1.62. The van der Waals surface area contributed by atoms with Crippen LogP contribution in [0.1, 0.15) is 32.1 Å². The van der Waals surface area contributed by atoms with Crippen LogP contribution in [-0.2, 0) is 0 Å². The number of para-hydroxylation sites is 1. The maximum absolute atomic E-state index is 9.69. The molecule has 0 bridgehead atoms. The summed E-state index contributed by atoms with van der Waals surface area (Å²) in [5.74, 6) is 0.687. The van der Waals surface area contributed by atoms with E-state index in [0.29, 0.717) is 11.4 Å². The first kappa shape index (κ1) is 14.0. The van der Waals surface area contributed by atoms with E-state index in [4.69, 9.17) is 10.5 Å². The molecule has 0 unspecified atom stereocenters. The first-order valence-corrected chi connectivity index (χ1v) is 6.98. The van der Waals surface area contributed by atoms with Crippen LogP contribution < -0.4 is 15.8 Å². The smallest absolute Gasteiger partial charge is 0.143 e. The van der Waals surface area contributed by atoms with Crippen molar-refractivity contribution in [1.82, 2.24) is 0 Å². The normalized spacial score (nSPS) is 18.0. The van der Waals surface area contributed by atoms with Crippen molar-refractivity contribution in [2.75, 3.05) is 31.3 Å². The van der Waals surface area contributed by atoms with Crippen molar-refractivity contribution in [3.8, 4) is 5.75 Å². The Balaban J connectivity index is 2.05. The molecular formula is C15H24N2O2. The summed E-state index contributed by atoms with van der Waals surface area (Å²) in [5, 5.41) is 13.1. The van der Waals surface area contributed by atoms with Gasteiger partial charge in [-0.25, -0.2) is 0 Å². The Labute approximate surface area is 115 Å². The van der Waals surface area contributed by atoms with Gasteiger partial charge in [-0.1, -0.05) is 25.3 Å². The van der Waals surface area contributed by atoms with Crippen LogP contribution >= 0.6 is 0 Å². The first-order valence-electron chi connectivity index (χ1n) is 6.98. The summed E-state index contributed by atoms with van der Waals surface area (Å²) in [6.45, 7) is 1.00. The molecule has 1 saturated carbocycles. The number of hydrogen-bond donors (Lipinski definition) is 3. The van der Waals surface area contributed by atoms with Gasteiger partial charge in [-0.05, 0) is 25.0 Å². The lowest BCUT2D eigenvalue weighted by atomic mass is 9.74. The zero-order valence-corrected chi connectivity index (χ0v) is 11.6. The van der Waals surface area contributed by atoms with Crippen LogP contribution in [0.25, 0.3) is 0 Å². The topological polar surface area (TPSA) is 67.5 Å². The average Bonchev–Trinajstić information content (AvgIpc) is 2.47. The van der Waals surface area contributed by atoms with Crippen molar-refractivity contribution < 1.29 is 9.84 Å². The number of methoxy groups -OCH3 is 1. The molecular weight excluding hydrogens is 240 g/mol. The van der Waals surface area contributed by atoms with E-state index in [1.807, 2.05) is 18.2 Å². The number of ether oxygens (including phenoxy) is 1. The molecule has 1 aromatic rings. The summed E-state index contributed by atoms with van der Waals surface area (Å²) < 4.78 is 5.21. The molecule has 0 atom stereocenters. The number of nitrogens with one attached hydrogen (secondary N) is 1. The van der Waals surface area contributed by atoms with E-state index in [-0.39, 0.29) is 12.0 Å². The van der Waals surface area contributed by atoms with E-state index < -0.39 is 0 Å². The maximum atomic E-state index is 9.69. The average molecular weight is 264 g/mol. The lowest BCUT2D eigenvalue weighted by Gasteiger charge is -2.36. The van der Waals surface area contributed by atoms with Gasteiger partial charge in [-0.15, -0.1) is 0 Å². The van der Waals surface area contributed by atoms with Crippen LogP contribution in [-0.4, -0.2) is 25.4 Å². The third-order valence-corrected chi connectivity index (χ3v) is 4.19. The van der Waals surface area contributed by atoms with Gasteiger partial charge in [-0.2, -0.15) is 0 Å². The third kappa shape index (κ3) is 3.13. The second kappa shape index (κ2) is 6.15. The number of nitrogens with two attached hydrogens (primary N) is 1. The fourth-order valence-corrected chi connectivity index (χ4v) is 2.85. The highest BCUT2D eigenvalue weighted by Gasteiger charge is 2.31. The van der Waals surface area contributed by atoms with Crippen molar-refractivity contribution in [3.05, 3.63) is 18.2 Å². The molecule has 1 fully saturated rings. The number of aliphatic hydroxyl groups is 1. The molecule has 4 heteroatoms. The summed E-state index contributed by atoms with van der Waals surface area (Å²) in [6.07, 6.45) is 5.86. The van der Waals surface area contributed by atoms with Gasteiger partial charge >= 0.3 is 0 Å². The molecule has 0 heterocycles. The van der Waals surface area contributed by atoms with Crippen LogP contribution in [0.15, 0.2) is 18.2 Å². The predicted molar refractivity (Wildman–Crippen MR) is 78.5 cm³/mol. The Morgan fingerprint density at radius 3 is 2.68 bits per heavy atom. The van der Waals surface area contributed by atoms with Crippen LogP contribution in [0, 0.1) is 5.41 Å². The zero-order valence-electron chi connectivity index (χ0n) is 11.6. The summed E-state index contributed by atoms with van der Waals surface area (Å²) in [6, 6.07) is 5.72. The summed E-state index contributed by atoms with van der Waals surface area (Å²) >= 11 is 0. The first-order chi connectivity index (χ1) is 9.21. The van der Waals surface area contributed by atoms with Gasteiger partial charge in [0, 0.05) is 12.0 Å². The summed E-state index contributed by atoms with van der Waals surface area (Å²) in [5.41, 5.74) is 7.57. The zero-order chi connectivity index (χ0) is 13.7. The van der Waals surface area contributed by atoms with E-state index >= 15 is 0 Å². The van der Waals surface area contributed by atoms with Gasteiger partial charge in [0.05, 0.1) is 25.1 Å². The minimum atomic E-state index is 0.00770. The van der Waals surface area contributed by atoms with Gasteiger partial charge < -0.3 is 20.9 Å². The Bertz CT molecular complexity index is 415. The second-order valence-electron chi connectivity index (χ2n) is 5.49. The van der Waals surface area contributed by atoms with Crippen LogP contribution in [0.5, 0.6) is 5.75 Å². The van der Waals surface area contributed by atoms with Crippen molar-refractivity contribution in [2.24, 2.45) is 5.41 Å². The minimum Gasteiger partial charge on any atom is -0.495 e. The van der Waals surface area contributed by atoms with Crippen molar-refractivity contribution in [3.63, 3.8) is 0 Å². The van der Waals surface area contributed by atoms with Crippen LogP contribution in [0.4, 0.5) is 11.4 Å². The van der Waals surface area contributed by atoms with Crippen LogP contribution in [0.3, 0.4) is 0 Å². The molecule has 0 aromatic heterocycles. The lowest BCUT2D eigenvalue weighted by Crippen LogP contribution is -2.35. The molecule has 4 nitrogen and oxygen atoms in total. The molecule has 0 amide bonds. The van der Waals surface area contributed by atoms with E-state index in [9.17, 15) is 5.11 Å². The molecule has 0 spiro atoms. The van der Waals surface area contributed by atoms with Gasteiger partial charge in [0.2, 0.25) is 0 Å². The Morgan fingerprint density at radius 1 is 1.32 bits per heavy atom. The fourth-order valence-electron chi connectivity index (χ4n) is 2.85. The van der Waals surface area contributed by atoms with Crippen molar-refractivity contribution >= 4 is 11.4 Å². The second-order valence-corrected chi connectivity index (χ2v) is 5.49. The SMILES string of the molecule is COc1cccc(NCC2(CO)CCCCC2)c1N. The fraction of sp³-hybridized carbons (Fsp3) is 0.600. The molecule has 1 aromatic carbocycles. The molecule has 0 radical (unpaired) electrons. The van der Waals surface area contributed by atoms with Crippen molar-refractivity contribution in [2.45, 2.75) is 32.1 Å². The molecule has 19 heavy (non-hydrogen) atoms. The minimum absolute atomic E-state index is 0.00770. The number of nitrogen functional groups attached to an aromatic ring is 1. The lowest BCUT2D eigenvalue weighted by molar-refractivity contribution is 0.0944. The standard InChI is InChI=1S/C15H24N2O2/c1-19-13-7-5-6-12(14(13)16)17-10-15(11-18)8-3-2-4-9-15/h5-7,17-18H,2-4,8-11,16H2,1H3. The monoisotopic (exact) mass is 264 g/mol. The molecule has 0 aliphatic heterocycles. The highest BCUT2D eigenvalue weighted by molar-refractivity contribution is 5.72. The van der Waals surface area contributed by atoms with E-state index in [1.165, 1.54) is 19.3 Å². The highest BCUT2D eigenvalue weighted by Crippen LogP contribution is 2.37. The van der Waals surface area contributed by atoms with Gasteiger partial charge in [0.1, 0.15) is 5.75 Å². The number of rotatable bonds is 5. The largest absolute Gasteiger partial charge is 0.495 e. The Kier molecular flexibility index (Phi) is 4.53. The molecule has 1 aliphatic carbocycles. The van der Waals surface area contributed by atoms with E-state index in [2.05, 4.69) is 5.32 Å². The number of hydrogen-bond acceptors (Lipinski definition) is 4. The molecule has 106 valence electrons. The maximum Gasteiger partial charge on any atom is 0.143 e. The predicted octanol–water partition coefficient (Wildman–Crippen LogP) is 2.63. The Morgan fingerprint density at radius 2 is 2.05 bits per heavy atom.